The first-order valence-electron chi connectivity index (χ1n) is 5.93. The van der Waals surface area contributed by atoms with E-state index in [1.165, 1.54) is 29.6 Å². The third-order valence-corrected chi connectivity index (χ3v) is 8.91. The molecule has 1 rings (SSSR count). The van der Waals surface area contributed by atoms with Crippen LogP contribution in [0.3, 0.4) is 0 Å². The highest BCUT2D eigenvalue weighted by Gasteiger charge is 2.32. The van der Waals surface area contributed by atoms with Gasteiger partial charge in [-0.15, -0.1) is 0 Å². The van der Waals surface area contributed by atoms with Gasteiger partial charge in [-0.2, -0.15) is 0 Å². The number of hydrogen-bond donors (Lipinski definition) is 0. The molecule has 0 fully saturated rings. The first-order valence-corrected chi connectivity index (χ1v) is 8.55. The molecule has 0 atom stereocenters. The van der Waals surface area contributed by atoms with Crippen LogP contribution in [0.25, 0.3) is 6.08 Å². The lowest BCUT2D eigenvalue weighted by atomic mass is 10.3. The summed E-state index contributed by atoms with van der Waals surface area (Å²) in [6.07, 6.45) is 5.83. The molecule has 88 valence electrons. The molecule has 0 saturated carbocycles. The molecule has 0 N–H and O–H groups in total. The van der Waals surface area contributed by atoms with E-state index in [0.29, 0.717) is 0 Å². The van der Waals surface area contributed by atoms with Crippen molar-refractivity contribution >= 4 is 25.8 Å². The van der Waals surface area contributed by atoms with Gasteiger partial charge in [0.15, 0.2) is 0 Å². The van der Waals surface area contributed by atoms with E-state index in [4.69, 9.17) is 4.42 Å². The number of rotatable bonds is 6. The Kier molecular flexibility index (Phi) is 4.74. The van der Waals surface area contributed by atoms with Crippen molar-refractivity contribution in [3.8, 4) is 0 Å². The van der Waals surface area contributed by atoms with Crippen LogP contribution in [0, 0.1) is 0 Å². The third kappa shape index (κ3) is 2.53. The second-order valence-corrected chi connectivity index (χ2v) is 9.26. The quantitative estimate of drug-likeness (QED) is 0.431. The molecule has 16 heavy (non-hydrogen) atoms. The molecule has 1 aromatic rings. The highest BCUT2D eigenvalue weighted by Crippen LogP contribution is 2.21. The second-order valence-electron chi connectivity index (χ2n) is 4.08. The van der Waals surface area contributed by atoms with E-state index < -0.39 is 8.07 Å². The lowest BCUT2D eigenvalue weighted by Gasteiger charge is -2.24. The molecule has 3 heteroatoms. The Bertz CT molecular complexity index is 353. The number of furan rings is 1. The minimum atomic E-state index is -1.40. The van der Waals surface area contributed by atoms with E-state index in [0.717, 1.165) is 11.8 Å². The molecule has 0 saturated heterocycles. The SMILES string of the molecule is CC[Si](CC)(CC)c1cc(/C=C/C=O)co1. The van der Waals surface area contributed by atoms with Gasteiger partial charge >= 0.3 is 0 Å². The van der Waals surface area contributed by atoms with E-state index >= 15 is 0 Å². The molecular weight excluding hydrogens is 216 g/mol. The maximum atomic E-state index is 10.2. The zero-order valence-corrected chi connectivity index (χ0v) is 11.3. The van der Waals surface area contributed by atoms with E-state index in [-0.39, 0.29) is 0 Å². The monoisotopic (exact) mass is 236 g/mol. The summed E-state index contributed by atoms with van der Waals surface area (Å²) in [6.45, 7) is 6.76. The van der Waals surface area contributed by atoms with Crippen molar-refractivity contribution < 1.29 is 9.21 Å². The van der Waals surface area contributed by atoms with E-state index in [1.54, 1.807) is 12.3 Å². The maximum absolute atomic E-state index is 10.2. The minimum absolute atomic E-state index is 0.789. The number of aldehydes is 1. The van der Waals surface area contributed by atoms with Crippen molar-refractivity contribution in [3.05, 3.63) is 24.0 Å². The van der Waals surface area contributed by atoms with Gasteiger partial charge in [0.1, 0.15) is 14.4 Å². The van der Waals surface area contributed by atoms with Gasteiger partial charge in [0, 0.05) is 5.56 Å². The van der Waals surface area contributed by atoms with Crippen LogP contribution >= 0.6 is 0 Å². The molecule has 0 aliphatic rings. The fourth-order valence-electron chi connectivity index (χ4n) is 2.14. The molecule has 0 aromatic carbocycles. The molecule has 1 heterocycles. The summed E-state index contributed by atoms with van der Waals surface area (Å²) in [7, 11) is -1.40. The normalized spacial score (nSPS) is 12.2. The molecular formula is C13H20O2Si. The molecule has 1 aromatic heterocycles. The molecule has 0 unspecified atom stereocenters. The Morgan fingerprint density at radius 2 is 1.88 bits per heavy atom. The van der Waals surface area contributed by atoms with Gasteiger partial charge in [0.2, 0.25) is 0 Å². The maximum Gasteiger partial charge on any atom is 0.142 e. The van der Waals surface area contributed by atoms with Crippen LogP contribution in [0.1, 0.15) is 26.3 Å². The van der Waals surface area contributed by atoms with Gasteiger partial charge < -0.3 is 4.42 Å². The van der Waals surface area contributed by atoms with Gasteiger partial charge in [0.25, 0.3) is 0 Å². The van der Waals surface area contributed by atoms with Crippen LogP contribution in [0.15, 0.2) is 22.8 Å². The van der Waals surface area contributed by atoms with Gasteiger partial charge in [-0.25, -0.2) is 0 Å². The average Bonchev–Trinajstić information content (AvgIpc) is 2.79. The molecule has 0 aliphatic heterocycles. The highest BCUT2D eigenvalue weighted by molar-refractivity contribution is 6.90. The third-order valence-electron chi connectivity index (χ3n) is 3.54. The number of carbonyl (C=O) groups is 1. The lowest BCUT2D eigenvalue weighted by molar-refractivity contribution is -0.104. The lowest BCUT2D eigenvalue weighted by Crippen LogP contribution is -2.44. The Morgan fingerprint density at radius 3 is 2.38 bits per heavy atom. The van der Waals surface area contributed by atoms with Crippen LogP contribution < -0.4 is 5.38 Å². The van der Waals surface area contributed by atoms with Crippen LogP contribution in [-0.2, 0) is 4.79 Å². The molecule has 0 bridgehead atoms. The summed E-state index contributed by atoms with van der Waals surface area (Å²) in [5.41, 5.74) is 0.995. The van der Waals surface area contributed by atoms with Crippen molar-refractivity contribution in [1.82, 2.24) is 0 Å². The zero-order valence-electron chi connectivity index (χ0n) is 10.3. The predicted molar refractivity (Wildman–Crippen MR) is 70.6 cm³/mol. The van der Waals surface area contributed by atoms with Crippen molar-refractivity contribution in [1.29, 1.82) is 0 Å². The average molecular weight is 236 g/mol. The van der Waals surface area contributed by atoms with Crippen LogP contribution in [0.4, 0.5) is 0 Å². The first kappa shape index (κ1) is 13.0. The Balaban J connectivity index is 2.98. The Morgan fingerprint density at radius 1 is 1.25 bits per heavy atom. The second kappa shape index (κ2) is 5.85. The van der Waals surface area contributed by atoms with Crippen molar-refractivity contribution in [3.63, 3.8) is 0 Å². The number of hydrogen-bond acceptors (Lipinski definition) is 2. The number of carbonyl (C=O) groups excluding carboxylic acids is 1. The molecule has 0 amide bonds. The molecule has 0 spiro atoms. The van der Waals surface area contributed by atoms with Crippen molar-refractivity contribution in [2.75, 3.05) is 0 Å². The number of allylic oxidation sites excluding steroid dienone is 1. The summed E-state index contributed by atoms with van der Waals surface area (Å²) in [4.78, 5) is 10.2. The summed E-state index contributed by atoms with van der Waals surface area (Å²) in [6, 6.07) is 5.74. The molecule has 0 radical (unpaired) electrons. The summed E-state index contributed by atoms with van der Waals surface area (Å²) in [5.74, 6) is 0. The van der Waals surface area contributed by atoms with Crippen LogP contribution in [0.2, 0.25) is 18.1 Å². The van der Waals surface area contributed by atoms with E-state index in [1.807, 2.05) is 0 Å². The van der Waals surface area contributed by atoms with E-state index in [9.17, 15) is 4.79 Å². The van der Waals surface area contributed by atoms with Gasteiger partial charge in [0.05, 0.1) is 11.6 Å². The fourth-order valence-corrected chi connectivity index (χ4v) is 5.47. The van der Waals surface area contributed by atoms with Crippen molar-refractivity contribution in [2.24, 2.45) is 0 Å². The van der Waals surface area contributed by atoms with E-state index in [2.05, 4.69) is 26.8 Å². The molecule has 0 aliphatic carbocycles. The predicted octanol–water partition coefficient (Wildman–Crippen LogP) is 3.21. The van der Waals surface area contributed by atoms with Crippen LogP contribution in [-0.4, -0.2) is 14.4 Å². The Hall–Kier alpha value is -1.09. The largest absolute Gasteiger partial charge is 0.474 e. The minimum Gasteiger partial charge on any atom is -0.474 e. The molecule has 2 nitrogen and oxygen atoms in total. The smallest absolute Gasteiger partial charge is 0.142 e. The first-order chi connectivity index (χ1) is 7.72. The Labute approximate surface area is 98.4 Å². The summed E-state index contributed by atoms with van der Waals surface area (Å²) < 4.78 is 5.69. The van der Waals surface area contributed by atoms with Gasteiger partial charge in [-0.1, -0.05) is 38.9 Å². The highest BCUT2D eigenvalue weighted by atomic mass is 28.3. The topological polar surface area (TPSA) is 30.2 Å². The summed E-state index contributed by atoms with van der Waals surface area (Å²) in [5, 5.41) is 1.17. The zero-order chi connectivity index (χ0) is 12.0. The fraction of sp³-hybridized carbons (Fsp3) is 0.462. The van der Waals surface area contributed by atoms with Gasteiger partial charge in [-0.3, -0.25) is 4.79 Å². The van der Waals surface area contributed by atoms with Crippen molar-refractivity contribution in [2.45, 2.75) is 38.9 Å². The van der Waals surface area contributed by atoms with Crippen LogP contribution in [0.5, 0.6) is 0 Å². The summed E-state index contributed by atoms with van der Waals surface area (Å²) >= 11 is 0. The standard InChI is InChI=1S/C13H20O2Si/c1-4-16(5-2,6-3)13-10-12(11-15-13)8-7-9-14/h7-11H,4-6H2,1-3H3/b8-7+. The van der Waals surface area contributed by atoms with Gasteiger partial charge in [-0.05, 0) is 18.2 Å².